The number of halogens is 1. The number of carbonyl (C=O) groups is 1. The molecule has 2 atom stereocenters. The van der Waals surface area contributed by atoms with E-state index in [0.717, 1.165) is 6.07 Å². The maximum atomic E-state index is 13.5. The van der Waals surface area contributed by atoms with Gasteiger partial charge in [-0.1, -0.05) is 6.92 Å². The molecule has 0 saturated carbocycles. The lowest BCUT2D eigenvalue weighted by atomic mass is 9.95. The number of β-amino-alcohol motifs (C(OH)–C–C–N with tert-alkyl or cyclic N) is 1. The zero-order valence-corrected chi connectivity index (χ0v) is 11.5. The van der Waals surface area contributed by atoms with E-state index in [0.29, 0.717) is 19.0 Å². The number of nitro benzene ring substituents is 1. The first-order valence-electron chi connectivity index (χ1n) is 6.52. The lowest BCUT2D eigenvalue weighted by Gasteiger charge is -2.34. The zero-order valence-electron chi connectivity index (χ0n) is 11.5. The van der Waals surface area contributed by atoms with E-state index in [9.17, 15) is 24.4 Å². The number of aliphatic hydroxyl groups is 1. The van der Waals surface area contributed by atoms with Crippen LogP contribution in [-0.2, 0) is 0 Å². The Morgan fingerprint density at radius 2 is 2.24 bits per heavy atom. The Labute approximate surface area is 120 Å². The van der Waals surface area contributed by atoms with Gasteiger partial charge >= 0.3 is 0 Å². The van der Waals surface area contributed by atoms with Crippen molar-refractivity contribution in [2.75, 3.05) is 18.8 Å². The van der Waals surface area contributed by atoms with Gasteiger partial charge in [-0.3, -0.25) is 14.9 Å². The Morgan fingerprint density at radius 1 is 1.57 bits per heavy atom. The summed E-state index contributed by atoms with van der Waals surface area (Å²) in [5.41, 5.74) is 4.36. The van der Waals surface area contributed by atoms with Crippen LogP contribution < -0.4 is 5.73 Å². The molecule has 1 amide bonds. The number of nitrogens with zero attached hydrogens (tertiary/aromatic N) is 2. The molecule has 1 aromatic carbocycles. The lowest BCUT2D eigenvalue weighted by Crippen LogP contribution is -2.46. The average Bonchev–Trinajstić information content (AvgIpc) is 2.43. The first-order valence-corrected chi connectivity index (χ1v) is 6.52. The maximum absolute atomic E-state index is 13.5. The molecule has 1 fully saturated rings. The third-order valence-corrected chi connectivity index (χ3v) is 3.76. The summed E-state index contributed by atoms with van der Waals surface area (Å²) >= 11 is 0. The number of rotatable bonds is 2. The third-order valence-electron chi connectivity index (χ3n) is 3.76. The number of piperidine rings is 1. The number of nitrogens with two attached hydrogens (primary N) is 1. The van der Waals surface area contributed by atoms with Crippen molar-refractivity contribution in [3.63, 3.8) is 0 Å². The molecule has 1 heterocycles. The van der Waals surface area contributed by atoms with E-state index in [1.54, 1.807) is 0 Å². The molecule has 21 heavy (non-hydrogen) atoms. The van der Waals surface area contributed by atoms with Crippen LogP contribution in [0.2, 0.25) is 0 Å². The third kappa shape index (κ3) is 2.94. The quantitative estimate of drug-likeness (QED) is 0.483. The Morgan fingerprint density at radius 3 is 2.81 bits per heavy atom. The monoisotopic (exact) mass is 297 g/mol. The molecule has 0 radical (unpaired) electrons. The molecule has 7 nitrogen and oxygen atoms in total. The summed E-state index contributed by atoms with van der Waals surface area (Å²) in [5, 5.41) is 20.6. The van der Waals surface area contributed by atoms with Crippen LogP contribution in [0.4, 0.5) is 15.8 Å². The van der Waals surface area contributed by atoms with Crippen molar-refractivity contribution in [3.8, 4) is 0 Å². The second kappa shape index (κ2) is 5.65. The highest BCUT2D eigenvalue weighted by molar-refractivity contribution is 6.01. The van der Waals surface area contributed by atoms with Gasteiger partial charge in [-0.25, -0.2) is 4.39 Å². The number of amides is 1. The minimum absolute atomic E-state index is 0.0632. The number of anilines is 1. The maximum Gasteiger partial charge on any atom is 0.295 e. The summed E-state index contributed by atoms with van der Waals surface area (Å²) in [6, 6.07) is 1.56. The molecule has 114 valence electrons. The second-order valence-electron chi connectivity index (χ2n) is 5.23. The van der Waals surface area contributed by atoms with Crippen LogP contribution in [-0.4, -0.2) is 40.0 Å². The number of aliphatic hydroxyl groups excluding tert-OH is 1. The number of nitro groups is 1. The first-order chi connectivity index (χ1) is 9.81. The van der Waals surface area contributed by atoms with Gasteiger partial charge in [0.15, 0.2) is 0 Å². The molecule has 8 heteroatoms. The fourth-order valence-electron chi connectivity index (χ4n) is 2.34. The minimum atomic E-state index is -0.898. The predicted octanol–water partition coefficient (Wildman–Crippen LogP) is 1.16. The molecule has 0 aliphatic carbocycles. The second-order valence-corrected chi connectivity index (χ2v) is 5.23. The van der Waals surface area contributed by atoms with Crippen molar-refractivity contribution < 1.29 is 19.2 Å². The van der Waals surface area contributed by atoms with Gasteiger partial charge in [0.1, 0.15) is 11.5 Å². The van der Waals surface area contributed by atoms with Crippen LogP contribution in [0.3, 0.4) is 0 Å². The molecule has 0 aromatic heterocycles. The SMILES string of the molecule is CC1CCN(C(=O)c2cc(F)cc([N+](=O)[O-])c2N)CC1O. The first kappa shape index (κ1) is 15.2. The fourth-order valence-corrected chi connectivity index (χ4v) is 2.34. The van der Waals surface area contributed by atoms with Crippen LogP contribution >= 0.6 is 0 Å². The van der Waals surface area contributed by atoms with E-state index in [1.807, 2.05) is 6.92 Å². The molecule has 1 aliphatic rings. The van der Waals surface area contributed by atoms with Crippen LogP contribution in [0, 0.1) is 21.8 Å². The summed E-state index contributed by atoms with van der Waals surface area (Å²) in [6.07, 6.45) is -0.0722. The van der Waals surface area contributed by atoms with E-state index in [-0.39, 0.29) is 23.7 Å². The molecular formula is C13H16FN3O4. The van der Waals surface area contributed by atoms with E-state index < -0.39 is 28.4 Å². The van der Waals surface area contributed by atoms with Crippen molar-refractivity contribution >= 4 is 17.3 Å². The minimum Gasteiger partial charge on any atom is -0.393 e. The van der Waals surface area contributed by atoms with Gasteiger partial charge in [0.25, 0.3) is 11.6 Å². The molecule has 1 aliphatic heterocycles. The van der Waals surface area contributed by atoms with Gasteiger partial charge in [0.05, 0.1) is 22.7 Å². The summed E-state index contributed by atoms with van der Waals surface area (Å²) in [7, 11) is 0. The predicted molar refractivity (Wildman–Crippen MR) is 73.2 cm³/mol. The van der Waals surface area contributed by atoms with Crippen molar-refractivity contribution in [3.05, 3.63) is 33.6 Å². The number of nitrogen functional groups attached to an aromatic ring is 1. The molecule has 0 spiro atoms. The highest BCUT2D eigenvalue weighted by atomic mass is 19.1. The molecule has 3 N–H and O–H groups in total. The standard InChI is InChI=1S/C13H16FN3O4/c1-7-2-3-16(6-11(7)18)13(19)9-4-8(14)5-10(12(9)15)17(20)21/h4-5,7,11,18H,2-3,6,15H2,1H3. The molecule has 2 unspecified atom stereocenters. The lowest BCUT2D eigenvalue weighted by molar-refractivity contribution is -0.384. The highest BCUT2D eigenvalue weighted by Crippen LogP contribution is 2.29. The smallest absolute Gasteiger partial charge is 0.295 e. The normalized spacial score (nSPS) is 22.1. The van der Waals surface area contributed by atoms with Gasteiger partial charge < -0.3 is 15.7 Å². The van der Waals surface area contributed by atoms with E-state index in [4.69, 9.17) is 5.73 Å². The van der Waals surface area contributed by atoms with Crippen LogP contribution in [0.5, 0.6) is 0 Å². The average molecular weight is 297 g/mol. The van der Waals surface area contributed by atoms with Crippen LogP contribution in [0.25, 0.3) is 0 Å². The summed E-state index contributed by atoms with van der Waals surface area (Å²) in [6.45, 7) is 2.36. The van der Waals surface area contributed by atoms with Crippen LogP contribution in [0.1, 0.15) is 23.7 Å². The van der Waals surface area contributed by atoms with Crippen molar-refractivity contribution in [2.24, 2.45) is 5.92 Å². The van der Waals surface area contributed by atoms with Crippen molar-refractivity contribution in [1.29, 1.82) is 0 Å². The van der Waals surface area contributed by atoms with Gasteiger partial charge in [0.2, 0.25) is 0 Å². The highest BCUT2D eigenvalue weighted by Gasteiger charge is 2.30. The van der Waals surface area contributed by atoms with Crippen LogP contribution in [0.15, 0.2) is 12.1 Å². The summed E-state index contributed by atoms with van der Waals surface area (Å²) in [5.74, 6) is -1.44. The number of carbonyl (C=O) groups excluding carboxylic acids is 1. The fraction of sp³-hybridized carbons (Fsp3) is 0.462. The molecule has 0 bridgehead atoms. The summed E-state index contributed by atoms with van der Waals surface area (Å²) in [4.78, 5) is 23.7. The van der Waals surface area contributed by atoms with Gasteiger partial charge in [-0.15, -0.1) is 0 Å². The van der Waals surface area contributed by atoms with E-state index >= 15 is 0 Å². The molecular weight excluding hydrogens is 281 g/mol. The summed E-state index contributed by atoms with van der Waals surface area (Å²) < 4.78 is 13.5. The molecule has 1 saturated heterocycles. The Kier molecular flexibility index (Phi) is 4.08. The topological polar surface area (TPSA) is 110 Å². The van der Waals surface area contributed by atoms with E-state index in [1.165, 1.54) is 4.90 Å². The molecule has 2 rings (SSSR count). The largest absolute Gasteiger partial charge is 0.393 e. The Bertz CT molecular complexity index is 593. The zero-order chi connectivity index (χ0) is 15.7. The Hall–Kier alpha value is -2.22. The number of likely N-dealkylation sites (tertiary alicyclic amines) is 1. The van der Waals surface area contributed by atoms with Gasteiger partial charge in [0, 0.05) is 13.1 Å². The van der Waals surface area contributed by atoms with Crippen molar-refractivity contribution in [1.82, 2.24) is 4.90 Å². The van der Waals surface area contributed by atoms with Crippen molar-refractivity contribution in [2.45, 2.75) is 19.4 Å². The van der Waals surface area contributed by atoms with Gasteiger partial charge in [-0.05, 0) is 18.4 Å². The number of hydrogen-bond acceptors (Lipinski definition) is 5. The number of hydrogen-bond donors (Lipinski definition) is 2. The Balaban J connectivity index is 2.33. The number of benzene rings is 1. The van der Waals surface area contributed by atoms with E-state index in [2.05, 4.69) is 0 Å². The van der Waals surface area contributed by atoms with Gasteiger partial charge in [-0.2, -0.15) is 0 Å². The molecule has 1 aromatic rings.